The minimum atomic E-state index is -0.332. The molecule has 0 spiro atoms. The summed E-state index contributed by atoms with van der Waals surface area (Å²) in [5, 5.41) is 7.34. The van der Waals surface area contributed by atoms with Crippen molar-refractivity contribution >= 4 is 72.1 Å². The largest absolute Gasteiger partial charge is 0.334 e. The molecule has 3 nitrogen and oxygen atoms in total. The Morgan fingerprint density at radius 1 is 0.417 bits per heavy atom. The molecule has 4 aliphatic rings. The molecule has 1 atom stereocenters. The van der Waals surface area contributed by atoms with Gasteiger partial charge in [-0.25, -0.2) is 0 Å². The van der Waals surface area contributed by atoms with E-state index in [1.165, 1.54) is 105 Å². The first-order valence-electron chi connectivity index (χ1n) is 25.8. The van der Waals surface area contributed by atoms with Crippen LogP contribution < -0.4 is 14.7 Å². The van der Waals surface area contributed by atoms with E-state index in [2.05, 4.69) is 275 Å². The average molecular weight is 928 g/mol. The van der Waals surface area contributed by atoms with Crippen LogP contribution >= 0.6 is 0 Å². The van der Waals surface area contributed by atoms with Gasteiger partial charge in [-0.05, 0) is 133 Å². The third-order valence-corrected chi connectivity index (χ3v) is 17.1. The fourth-order valence-corrected chi connectivity index (χ4v) is 13.4. The zero-order valence-electron chi connectivity index (χ0n) is 41.9. The molecule has 3 heteroatoms. The Hall–Kier alpha value is -8.14. The first kappa shape index (κ1) is 42.7. The average Bonchev–Trinajstić information content (AvgIpc) is 3.41. The van der Waals surface area contributed by atoms with Crippen LogP contribution in [0.2, 0.25) is 0 Å². The van der Waals surface area contributed by atoms with Gasteiger partial charge in [0, 0.05) is 44.1 Å². The predicted molar refractivity (Wildman–Crippen MR) is 304 cm³/mol. The van der Waals surface area contributed by atoms with Crippen LogP contribution in [-0.4, -0.2) is 6.04 Å². The van der Waals surface area contributed by atoms with Gasteiger partial charge in [0.2, 0.25) is 0 Å². The van der Waals surface area contributed by atoms with Crippen molar-refractivity contribution in [3.63, 3.8) is 0 Å². The lowest BCUT2D eigenvalue weighted by Crippen LogP contribution is -2.50. The van der Waals surface area contributed by atoms with Gasteiger partial charge in [0.25, 0.3) is 0 Å². The van der Waals surface area contributed by atoms with Crippen LogP contribution in [0.15, 0.2) is 235 Å². The Labute approximate surface area is 423 Å². The lowest BCUT2D eigenvalue weighted by Gasteiger charge is -2.58. The molecular weight excluding hydrogens is 871 g/mol. The fourth-order valence-electron chi connectivity index (χ4n) is 13.4. The van der Waals surface area contributed by atoms with Crippen LogP contribution in [0.1, 0.15) is 70.2 Å². The van der Waals surface area contributed by atoms with E-state index >= 15 is 0 Å². The minimum Gasteiger partial charge on any atom is -0.334 e. The summed E-state index contributed by atoms with van der Waals surface area (Å²) in [6, 6.07) is 79.4. The summed E-state index contributed by atoms with van der Waals surface area (Å²) in [5.41, 5.74) is 20.2. The Morgan fingerprint density at radius 3 is 1.69 bits per heavy atom. The second-order valence-corrected chi connectivity index (χ2v) is 22.1. The fraction of sp³-hybridized carbons (Fsp3) is 0.159. The van der Waals surface area contributed by atoms with Crippen LogP contribution in [-0.2, 0) is 16.2 Å². The summed E-state index contributed by atoms with van der Waals surface area (Å²) in [4.78, 5) is 7.81. The van der Waals surface area contributed by atoms with Crippen molar-refractivity contribution in [2.24, 2.45) is 0 Å². The second-order valence-electron chi connectivity index (χ2n) is 22.1. The second kappa shape index (κ2) is 15.4. The van der Waals surface area contributed by atoms with Crippen molar-refractivity contribution in [2.75, 3.05) is 14.7 Å². The highest BCUT2D eigenvalue weighted by molar-refractivity contribution is 6.10. The topological polar surface area (TPSA) is 9.72 Å². The molecule has 0 fully saturated rings. The van der Waals surface area contributed by atoms with Gasteiger partial charge in [0.15, 0.2) is 0 Å². The SMILES string of the molecule is CC1(C)C2=CC(N(c3ccccc3)c3ccccc3)CC3=C2N2c4c1cc(-c1ccc(N(c5ccc6ccccc6c5)c5cccc6ccccc56)c5ccccc15)cc4C(C)(C)c1cccc(c12)C3(C)C. The molecule has 14 rings (SSSR count). The summed E-state index contributed by atoms with van der Waals surface area (Å²) in [6.45, 7) is 14.9. The first-order valence-corrected chi connectivity index (χ1v) is 25.8. The lowest BCUT2D eigenvalue weighted by atomic mass is 9.58. The zero-order chi connectivity index (χ0) is 48.7. The molecule has 0 amide bonds. The molecule has 0 saturated carbocycles. The number of allylic oxidation sites excluding steroid dienone is 1. The van der Waals surface area contributed by atoms with Crippen LogP contribution in [0.4, 0.5) is 39.8 Å². The number of rotatable bonds is 7. The van der Waals surface area contributed by atoms with Crippen LogP contribution in [0.25, 0.3) is 43.4 Å². The van der Waals surface area contributed by atoms with Crippen LogP contribution in [0, 0.1) is 0 Å². The number of fused-ring (bicyclic) bond motifs is 3. The number of anilines is 7. The Bertz CT molecular complexity index is 3900. The Kier molecular flexibility index (Phi) is 9.15. The van der Waals surface area contributed by atoms with Crippen LogP contribution in [0.5, 0.6) is 0 Å². The molecule has 3 heterocycles. The highest BCUT2D eigenvalue weighted by Crippen LogP contribution is 2.66. The van der Waals surface area contributed by atoms with Gasteiger partial charge < -0.3 is 14.7 Å². The van der Waals surface area contributed by atoms with Gasteiger partial charge in [0.05, 0.1) is 34.5 Å². The predicted octanol–water partition coefficient (Wildman–Crippen LogP) is 18.4. The normalized spacial score (nSPS) is 17.4. The quantitative estimate of drug-likeness (QED) is 0.158. The number of benzene rings is 10. The molecule has 10 aromatic carbocycles. The van der Waals surface area contributed by atoms with E-state index in [9.17, 15) is 0 Å². The molecule has 1 aliphatic carbocycles. The van der Waals surface area contributed by atoms with E-state index in [-0.39, 0.29) is 22.3 Å². The summed E-state index contributed by atoms with van der Waals surface area (Å²) < 4.78 is 0. The van der Waals surface area contributed by atoms with Gasteiger partial charge in [-0.2, -0.15) is 0 Å². The van der Waals surface area contributed by atoms with Crippen molar-refractivity contribution in [2.45, 2.75) is 70.3 Å². The standard InChI is InChI=1S/C69H57N3/c1-67(2)56-32-20-33-57-64(56)72-65-58(67)40-47(41-59(65)69(5,6)61-43-51(42-60(66(61)72)68(57,3)4)70(48-25-9-7-10-26-48)49-27-11-8-12-28-49)52-37-38-63(55-31-18-17-30-54(52)55)71(50-36-35-44-21-13-14-23-46(44)39-50)62-34-19-24-45-22-15-16-29-53(45)62/h7-41,43,51H,42H2,1-6H3. The number of hydrogen-bond acceptors (Lipinski definition) is 3. The van der Waals surface area contributed by atoms with Crippen molar-refractivity contribution < 1.29 is 0 Å². The van der Waals surface area contributed by atoms with E-state index in [4.69, 9.17) is 0 Å². The maximum Gasteiger partial charge on any atom is 0.0567 e. The monoisotopic (exact) mass is 927 g/mol. The minimum absolute atomic E-state index is 0.0982. The molecule has 3 aliphatic heterocycles. The van der Waals surface area contributed by atoms with E-state index in [1.54, 1.807) is 0 Å². The van der Waals surface area contributed by atoms with Crippen molar-refractivity contribution in [3.05, 3.63) is 257 Å². The smallest absolute Gasteiger partial charge is 0.0567 e. The molecule has 0 aromatic heterocycles. The van der Waals surface area contributed by atoms with E-state index < -0.39 is 0 Å². The van der Waals surface area contributed by atoms with E-state index in [0.717, 1.165) is 23.5 Å². The summed E-state index contributed by atoms with van der Waals surface area (Å²) in [6.07, 6.45) is 3.57. The Morgan fingerprint density at radius 2 is 0.972 bits per heavy atom. The molecule has 10 aromatic rings. The number of nitrogens with zero attached hydrogens (tertiary/aromatic N) is 3. The maximum absolute atomic E-state index is 2.74. The molecule has 1 unspecified atom stereocenters. The number of para-hydroxylation sites is 3. The maximum atomic E-state index is 2.74. The van der Waals surface area contributed by atoms with Gasteiger partial charge in [-0.15, -0.1) is 0 Å². The van der Waals surface area contributed by atoms with Crippen molar-refractivity contribution in [1.29, 1.82) is 0 Å². The zero-order valence-corrected chi connectivity index (χ0v) is 41.9. The Balaban J connectivity index is 1.00. The summed E-state index contributed by atoms with van der Waals surface area (Å²) in [5.74, 6) is 0. The van der Waals surface area contributed by atoms with Crippen LogP contribution in [0.3, 0.4) is 0 Å². The molecule has 72 heavy (non-hydrogen) atoms. The molecule has 0 radical (unpaired) electrons. The third-order valence-electron chi connectivity index (χ3n) is 17.1. The van der Waals surface area contributed by atoms with E-state index in [0.29, 0.717) is 0 Å². The van der Waals surface area contributed by atoms with Gasteiger partial charge >= 0.3 is 0 Å². The summed E-state index contributed by atoms with van der Waals surface area (Å²) >= 11 is 0. The molecule has 0 bridgehead atoms. The molecule has 348 valence electrons. The van der Waals surface area contributed by atoms with Crippen molar-refractivity contribution in [1.82, 2.24) is 0 Å². The molecular formula is C69H57N3. The highest BCUT2D eigenvalue weighted by atomic mass is 15.2. The van der Waals surface area contributed by atoms with E-state index in [1.807, 2.05) is 0 Å². The van der Waals surface area contributed by atoms with Gasteiger partial charge in [-0.3, -0.25) is 0 Å². The lowest BCUT2D eigenvalue weighted by molar-refractivity contribution is 0.502. The third kappa shape index (κ3) is 6.03. The number of hydrogen-bond donors (Lipinski definition) is 0. The molecule has 0 saturated heterocycles. The van der Waals surface area contributed by atoms with Gasteiger partial charge in [0.1, 0.15) is 0 Å². The summed E-state index contributed by atoms with van der Waals surface area (Å²) in [7, 11) is 0. The first-order chi connectivity index (χ1) is 35.0. The van der Waals surface area contributed by atoms with Gasteiger partial charge in [-0.1, -0.05) is 199 Å². The highest BCUT2D eigenvalue weighted by Gasteiger charge is 2.55. The molecule has 0 N–H and O–H groups in total. The van der Waals surface area contributed by atoms with Crippen molar-refractivity contribution in [3.8, 4) is 11.1 Å².